The largest absolute Gasteiger partial charge is 0.466 e. The number of aryl methyl sites for hydroxylation is 2. The van der Waals surface area contributed by atoms with Gasteiger partial charge in [0, 0.05) is 25.3 Å². The van der Waals surface area contributed by atoms with E-state index in [4.69, 9.17) is 9.52 Å². The third kappa shape index (κ3) is 4.79. The predicted molar refractivity (Wildman–Crippen MR) is 69.3 cm³/mol. The zero-order valence-corrected chi connectivity index (χ0v) is 11.2. The highest BCUT2D eigenvalue weighted by Crippen LogP contribution is 2.12. The summed E-state index contributed by atoms with van der Waals surface area (Å²) in [5, 5.41) is 14.3. The number of carbonyl (C=O) groups excluding carboxylic acids is 1. The molecule has 1 heterocycles. The van der Waals surface area contributed by atoms with Gasteiger partial charge < -0.3 is 20.2 Å². The molecule has 0 bridgehead atoms. The Labute approximate surface area is 108 Å². The SMILES string of the molecule is Cc1cc(CNC(=O)NCC(C)CCO)c(C)o1. The van der Waals surface area contributed by atoms with Crippen LogP contribution in [0.1, 0.15) is 30.4 Å². The third-order valence-electron chi connectivity index (χ3n) is 2.82. The van der Waals surface area contributed by atoms with Crippen molar-refractivity contribution in [2.45, 2.75) is 33.7 Å². The van der Waals surface area contributed by atoms with Gasteiger partial charge in [-0.2, -0.15) is 0 Å². The molecule has 0 saturated heterocycles. The minimum absolute atomic E-state index is 0.151. The van der Waals surface area contributed by atoms with E-state index in [1.54, 1.807) is 0 Å². The topological polar surface area (TPSA) is 74.5 Å². The van der Waals surface area contributed by atoms with Crippen molar-refractivity contribution in [1.29, 1.82) is 0 Å². The Morgan fingerprint density at radius 3 is 2.72 bits per heavy atom. The molecule has 0 aliphatic carbocycles. The Balaban J connectivity index is 2.27. The number of amides is 2. The summed E-state index contributed by atoms with van der Waals surface area (Å²) in [7, 11) is 0. The molecule has 0 saturated carbocycles. The average molecular weight is 254 g/mol. The summed E-state index contributed by atoms with van der Waals surface area (Å²) in [5.41, 5.74) is 0.992. The normalized spacial score (nSPS) is 12.2. The summed E-state index contributed by atoms with van der Waals surface area (Å²) in [5.74, 6) is 1.96. The first-order chi connectivity index (χ1) is 8.52. The van der Waals surface area contributed by atoms with Crippen LogP contribution in [0.2, 0.25) is 0 Å². The number of nitrogens with one attached hydrogen (secondary N) is 2. The second-order valence-electron chi connectivity index (χ2n) is 4.62. The van der Waals surface area contributed by atoms with Crippen LogP contribution in [-0.4, -0.2) is 24.3 Å². The first-order valence-corrected chi connectivity index (χ1v) is 6.21. The summed E-state index contributed by atoms with van der Waals surface area (Å²) >= 11 is 0. The number of carbonyl (C=O) groups is 1. The van der Waals surface area contributed by atoms with E-state index < -0.39 is 0 Å². The molecule has 0 radical (unpaired) electrons. The molecule has 1 unspecified atom stereocenters. The van der Waals surface area contributed by atoms with Crippen molar-refractivity contribution in [3.63, 3.8) is 0 Å². The lowest BCUT2D eigenvalue weighted by atomic mass is 10.1. The molecule has 0 aromatic carbocycles. The number of furan rings is 1. The molecule has 2 amide bonds. The van der Waals surface area contributed by atoms with E-state index in [-0.39, 0.29) is 18.6 Å². The van der Waals surface area contributed by atoms with Gasteiger partial charge in [-0.25, -0.2) is 4.79 Å². The quantitative estimate of drug-likeness (QED) is 0.723. The van der Waals surface area contributed by atoms with E-state index in [1.807, 2.05) is 26.8 Å². The molecular weight excluding hydrogens is 232 g/mol. The first-order valence-electron chi connectivity index (χ1n) is 6.21. The zero-order chi connectivity index (χ0) is 13.5. The number of hydrogen-bond acceptors (Lipinski definition) is 3. The molecular formula is C13H22N2O3. The molecule has 0 aliphatic heterocycles. The van der Waals surface area contributed by atoms with Crippen molar-refractivity contribution < 1.29 is 14.3 Å². The van der Waals surface area contributed by atoms with Gasteiger partial charge in [0.2, 0.25) is 0 Å². The number of hydrogen-bond donors (Lipinski definition) is 3. The van der Waals surface area contributed by atoms with Gasteiger partial charge in [0.25, 0.3) is 0 Å². The van der Waals surface area contributed by atoms with Crippen molar-refractivity contribution in [2.24, 2.45) is 5.92 Å². The van der Waals surface area contributed by atoms with Crippen molar-refractivity contribution in [3.8, 4) is 0 Å². The second kappa shape index (κ2) is 7.06. The second-order valence-corrected chi connectivity index (χ2v) is 4.62. The zero-order valence-electron chi connectivity index (χ0n) is 11.2. The van der Waals surface area contributed by atoms with E-state index in [1.165, 1.54) is 0 Å². The van der Waals surface area contributed by atoms with Gasteiger partial charge in [0.15, 0.2) is 0 Å². The Morgan fingerprint density at radius 1 is 1.44 bits per heavy atom. The standard InChI is InChI=1S/C13H22N2O3/c1-9(4-5-16)7-14-13(17)15-8-12-6-10(2)18-11(12)3/h6,9,16H,4-5,7-8H2,1-3H3,(H2,14,15,17). The van der Waals surface area contributed by atoms with Gasteiger partial charge >= 0.3 is 6.03 Å². The van der Waals surface area contributed by atoms with Crippen LogP contribution in [0.4, 0.5) is 4.79 Å². The summed E-state index contributed by atoms with van der Waals surface area (Å²) in [6.07, 6.45) is 0.695. The van der Waals surface area contributed by atoms with E-state index in [0.717, 1.165) is 17.1 Å². The van der Waals surface area contributed by atoms with Crippen LogP contribution in [0.3, 0.4) is 0 Å². The van der Waals surface area contributed by atoms with Gasteiger partial charge in [-0.15, -0.1) is 0 Å². The molecule has 18 heavy (non-hydrogen) atoms. The van der Waals surface area contributed by atoms with Crippen LogP contribution in [0.25, 0.3) is 0 Å². The summed E-state index contributed by atoms with van der Waals surface area (Å²) in [6.45, 7) is 6.93. The number of urea groups is 1. The predicted octanol–water partition coefficient (Wildman–Crippen LogP) is 1.71. The van der Waals surface area contributed by atoms with Crippen LogP contribution in [0, 0.1) is 19.8 Å². The monoisotopic (exact) mass is 254 g/mol. The Kier molecular flexibility index (Phi) is 5.71. The van der Waals surface area contributed by atoms with Gasteiger partial charge in [-0.3, -0.25) is 0 Å². The smallest absolute Gasteiger partial charge is 0.315 e. The third-order valence-corrected chi connectivity index (χ3v) is 2.82. The van der Waals surface area contributed by atoms with Crippen LogP contribution in [0.5, 0.6) is 0 Å². The van der Waals surface area contributed by atoms with Crippen LogP contribution < -0.4 is 10.6 Å². The molecule has 102 valence electrons. The maximum atomic E-state index is 11.5. The van der Waals surface area contributed by atoms with E-state index in [0.29, 0.717) is 19.5 Å². The molecule has 5 nitrogen and oxygen atoms in total. The molecule has 1 rings (SSSR count). The fourth-order valence-electron chi connectivity index (χ4n) is 1.69. The van der Waals surface area contributed by atoms with Crippen molar-refractivity contribution in [3.05, 3.63) is 23.2 Å². The molecule has 3 N–H and O–H groups in total. The highest BCUT2D eigenvalue weighted by Gasteiger charge is 2.07. The maximum absolute atomic E-state index is 11.5. The van der Waals surface area contributed by atoms with Crippen molar-refractivity contribution in [2.75, 3.05) is 13.2 Å². The molecule has 0 spiro atoms. The summed E-state index contributed by atoms with van der Waals surface area (Å²) in [6, 6.07) is 1.72. The lowest BCUT2D eigenvalue weighted by molar-refractivity contribution is 0.233. The minimum Gasteiger partial charge on any atom is -0.466 e. The summed E-state index contributed by atoms with van der Waals surface area (Å²) < 4.78 is 5.38. The van der Waals surface area contributed by atoms with E-state index in [2.05, 4.69) is 10.6 Å². The summed E-state index contributed by atoms with van der Waals surface area (Å²) in [4.78, 5) is 11.5. The number of rotatable bonds is 6. The fourth-order valence-corrected chi connectivity index (χ4v) is 1.69. The molecule has 1 atom stereocenters. The average Bonchev–Trinajstić information content (AvgIpc) is 2.63. The molecule has 5 heteroatoms. The van der Waals surface area contributed by atoms with Crippen molar-refractivity contribution in [1.82, 2.24) is 10.6 Å². The highest BCUT2D eigenvalue weighted by molar-refractivity contribution is 5.73. The van der Waals surface area contributed by atoms with E-state index >= 15 is 0 Å². The van der Waals surface area contributed by atoms with Gasteiger partial charge in [-0.05, 0) is 32.3 Å². The number of aliphatic hydroxyl groups is 1. The number of aliphatic hydroxyl groups excluding tert-OH is 1. The van der Waals surface area contributed by atoms with Crippen LogP contribution >= 0.6 is 0 Å². The lowest BCUT2D eigenvalue weighted by Crippen LogP contribution is -2.37. The highest BCUT2D eigenvalue weighted by atomic mass is 16.3. The Morgan fingerprint density at radius 2 is 2.17 bits per heavy atom. The van der Waals surface area contributed by atoms with E-state index in [9.17, 15) is 4.79 Å². The maximum Gasteiger partial charge on any atom is 0.315 e. The van der Waals surface area contributed by atoms with Crippen molar-refractivity contribution >= 4 is 6.03 Å². The molecule has 1 aromatic rings. The molecule has 1 aromatic heterocycles. The van der Waals surface area contributed by atoms with Gasteiger partial charge in [-0.1, -0.05) is 6.92 Å². The molecule has 0 fully saturated rings. The first kappa shape index (κ1) is 14.6. The van der Waals surface area contributed by atoms with Gasteiger partial charge in [0.1, 0.15) is 11.5 Å². The lowest BCUT2D eigenvalue weighted by Gasteiger charge is -2.11. The van der Waals surface area contributed by atoms with Crippen LogP contribution in [-0.2, 0) is 6.54 Å². The minimum atomic E-state index is -0.196. The fraction of sp³-hybridized carbons (Fsp3) is 0.615. The molecule has 0 aliphatic rings. The Hall–Kier alpha value is -1.49. The van der Waals surface area contributed by atoms with Gasteiger partial charge in [0.05, 0.1) is 0 Å². The van der Waals surface area contributed by atoms with Crippen LogP contribution in [0.15, 0.2) is 10.5 Å². The Bertz CT molecular complexity index is 388.